The minimum Gasteiger partial charge on any atom is -0.503 e. The number of hydrogen-bond donors (Lipinski definition) is 3. The minimum absolute atomic E-state index is 0.0718. The highest BCUT2D eigenvalue weighted by molar-refractivity contribution is 7.88. The Labute approximate surface area is 203 Å². The molecular formula is C21H21ClF2N4O6S. The minimum atomic E-state index is -3.80. The molecule has 1 aromatic carbocycles. The van der Waals surface area contributed by atoms with E-state index in [2.05, 4.69) is 10.0 Å². The molecule has 0 spiro atoms. The molecule has 2 atom stereocenters. The van der Waals surface area contributed by atoms with Crippen molar-refractivity contribution in [3.63, 3.8) is 0 Å². The summed E-state index contributed by atoms with van der Waals surface area (Å²) < 4.78 is 55.4. The van der Waals surface area contributed by atoms with Gasteiger partial charge in [0, 0.05) is 25.2 Å². The van der Waals surface area contributed by atoms with Crippen LogP contribution < -0.4 is 15.5 Å². The van der Waals surface area contributed by atoms with Crippen LogP contribution in [0.25, 0.3) is 0 Å². The molecule has 0 saturated heterocycles. The zero-order valence-corrected chi connectivity index (χ0v) is 20.1. The number of halogens is 3. The van der Waals surface area contributed by atoms with E-state index in [1.54, 1.807) is 6.92 Å². The van der Waals surface area contributed by atoms with E-state index >= 15 is 0 Å². The smallest absolute Gasteiger partial charge is 0.274 e. The van der Waals surface area contributed by atoms with Crippen molar-refractivity contribution < 1.29 is 31.9 Å². The summed E-state index contributed by atoms with van der Waals surface area (Å²) >= 11 is 5.56. The van der Waals surface area contributed by atoms with Gasteiger partial charge in [0.15, 0.2) is 11.4 Å². The van der Waals surface area contributed by atoms with Crippen LogP contribution in [0, 0.1) is 11.6 Å². The van der Waals surface area contributed by atoms with Crippen LogP contribution in [0.4, 0.5) is 8.78 Å². The Morgan fingerprint density at radius 2 is 1.97 bits per heavy atom. The molecule has 3 heterocycles. The number of benzene rings is 1. The molecule has 2 aliphatic rings. The Morgan fingerprint density at radius 1 is 1.29 bits per heavy atom. The fourth-order valence-corrected chi connectivity index (χ4v) is 5.49. The second-order valence-corrected chi connectivity index (χ2v) is 10.5. The number of carbonyl (C=O) groups is 2. The fraction of sp³-hybridized carbons (Fsp3) is 0.381. The van der Waals surface area contributed by atoms with Crippen LogP contribution in [-0.2, 0) is 16.6 Å². The van der Waals surface area contributed by atoms with E-state index in [-0.39, 0.29) is 36.5 Å². The molecule has 14 heteroatoms. The van der Waals surface area contributed by atoms with Gasteiger partial charge in [-0.2, -0.15) is 0 Å². The standard InChI is InChI=1S/C21H21ClF2N4O6S/c1-3-27-8-10-6-12(26-35(2,33)34)16-13(18(29)19(30)17(21(27)32)28(10)16)20(31)25-7-9-4-5-11(23)14(22)15(9)24/h4-5,10,12,26,30H,3,6-8H2,1-2H3,(H,25,31)/t10-,12+/m1/s1. The Hall–Kier alpha value is -3.03. The fourth-order valence-electron chi connectivity index (χ4n) is 4.58. The van der Waals surface area contributed by atoms with Crippen molar-refractivity contribution in [2.24, 2.45) is 0 Å². The number of amides is 2. The van der Waals surface area contributed by atoms with Gasteiger partial charge in [0.05, 0.1) is 24.0 Å². The van der Waals surface area contributed by atoms with Crippen molar-refractivity contribution in [1.29, 1.82) is 0 Å². The first-order chi connectivity index (χ1) is 16.4. The van der Waals surface area contributed by atoms with Crippen LogP contribution in [-0.4, -0.2) is 54.2 Å². The molecule has 0 saturated carbocycles. The van der Waals surface area contributed by atoms with E-state index < -0.39 is 73.9 Å². The normalized spacial score (nSPS) is 19.1. The lowest BCUT2D eigenvalue weighted by Gasteiger charge is -2.33. The van der Waals surface area contributed by atoms with Crippen LogP contribution in [0.15, 0.2) is 16.9 Å². The SMILES string of the molecule is CCN1C[C@H]2C[C@H](NS(C)(=O)=O)c3c(C(=O)NCc4ccc(F)c(Cl)c4F)c(=O)c(O)c(n32)C1=O. The van der Waals surface area contributed by atoms with Gasteiger partial charge in [-0.3, -0.25) is 14.4 Å². The van der Waals surface area contributed by atoms with Gasteiger partial charge in [-0.25, -0.2) is 21.9 Å². The maximum absolute atomic E-state index is 14.2. The van der Waals surface area contributed by atoms with Crippen molar-refractivity contribution in [1.82, 2.24) is 19.5 Å². The highest BCUT2D eigenvalue weighted by atomic mass is 35.5. The summed E-state index contributed by atoms with van der Waals surface area (Å²) in [6, 6.07) is 0.427. The van der Waals surface area contributed by atoms with Gasteiger partial charge >= 0.3 is 0 Å². The van der Waals surface area contributed by atoms with Crippen LogP contribution in [0.3, 0.4) is 0 Å². The first-order valence-corrected chi connectivity index (χ1v) is 12.8. The van der Waals surface area contributed by atoms with Crippen molar-refractivity contribution >= 4 is 33.4 Å². The summed E-state index contributed by atoms with van der Waals surface area (Å²) in [5, 5.41) is 12.2. The summed E-state index contributed by atoms with van der Waals surface area (Å²) in [6.45, 7) is 1.70. The van der Waals surface area contributed by atoms with Gasteiger partial charge in [-0.15, -0.1) is 0 Å². The molecule has 188 valence electrons. The first-order valence-electron chi connectivity index (χ1n) is 10.5. The van der Waals surface area contributed by atoms with Gasteiger partial charge in [0.25, 0.3) is 11.8 Å². The monoisotopic (exact) mass is 530 g/mol. The number of hydrogen-bond acceptors (Lipinski definition) is 6. The third kappa shape index (κ3) is 4.28. The third-order valence-corrected chi connectivity index (χ3v) is 7.13. The number of carbonyl (C=O) groups excluding carboxylic acids is 2. The predicted molar refractivity (Wildman–Crippen MR) is 121 cm³/mol. The summed E-state index contributed by atoms with van der Waals surface area (Å²) in [6.07, 6.45) is 1.03. The maximum Gasteiger partial charge on any atom is 0.274 e. The Morgan fingerprint density at radius 3 is 2.60 bits per heavy atom. The molecule has 10 nitrogen and oxygen atoms in total. The third-order valence-electron chi connectivity index (χ3n) is 6.07. The number of nitrogens with zero attached hydrogens (tertiary/aromatic N) is 2. The molecule has 3 N–H and O–H groups in total. The predicted octanol–water partition coefficient (Wildman–Crippen LogP) is 1.43. The zero-order valence-electron chi connectivity index (χ0n) is 18.6. The second-order valence-electron chi connectivity index (χ2n) is 8.35. The van der Waals surface area contributed by atoms with Gasteiger partial charge in [-0.05, 0) is 19.4 Å². The van der Waals surface area contributed by atoms with Gasteiger partial charge in [0.2, 0.25) is 15.5 Å². The second kappa shape index (κ2) is 8.88. The van der Waals surface area contributed by atoms with Crippen molar-refractivity contribution in [3.8, 4) is 5.75 Å². The van der Waals surface area contributed by atoms with E-state index in [4.69, 9.17) is 11.6 Å². The van der Waals surface area contributed by atoms with E-state index in [0.29, 0.717) is 0 Å². The molecule has 0 bridgehead atoms. The molecule has 0 fully saturated rings. The number of rotatable bonds is 6. The summed E-state index contributed by atoms with van der Waals surface area (Å²) in [5.41, 5.74) is -2.32. The lowest BCUT2D eigenvalue weighted by Crippen LogP contribution is -2.44. The van der Waals surface area contributed by atoms with E-state index in [0.717, 1.165) is 18.4 Å². The molecule has 2 aliphatic heterocycles. The summed E-state index contributed by atoms with van der Waals surface area (Å²) in [5.74, 6) is -4.69. The van der Waals surface area contributed by atoms with E-state index in [9.17, 15) is 36.7 Å². The Balaban J connectivity index is 1.82. The van der Waals surface area contributed by atoms with Gasteiger partial charge in [-0.1, -0.05) is 17.7 Å². The Bertz CT molecular complexity index is 1430. The Kier molecular flexibility index (Phi) is 6.36. The average Bonchev–Trinajstić information content (AvgIpc) is 3.11. The molecule has 0 unspecified atom stereocenters. The van der Waals surface area contributed by atoms with E-state index in [1.807, 2.05) is 0 Å². The quantitative estimate of drug-likeness (QED) is 0.483. The first kappa shape index (κ1) is 25.1. The maximum atomic E-state index is 14.2. The number of pyridine rings is 1. The van der Waals surface area contributed by atoms with Crippen molar-refractivity contribution in [2.45, 2.75) is 32.0 Å². The zero-order chi connectivity index (χ0) is 25.8. The topological polar surface area (TPSA) is 138 Å². The highest BCUT2D eigenvalue weighted by Crippen LogP contribution is 2.42. The molecular weight excluding hydrogens is 510 g/mol. The van der Waals surface area contributed by atoms with Crippen LogP contribution in [0.1, 0.15) is 57.5 Å². The van der Waals surface area contributed by atoms with Gasteiger partial charge < -0.3 is 19.9 Å². The molecule has 1 aromatic heterocycles. The number of sulfonamides is 1. The van der Waals surface area contributed by atoms with Gasteiger partial charge in [0.1, 0.15) is 22.2 Å². The average molecular weight is 531 g/mol. The molecule has 35 heavy (non-hydrogen) atoms. The largest absolute Gasteiger partial charge is 0.503 e. The number of nitrogens with one attached hydrogen (secondary N) is 2. The molecule has 2 amide bonds. The summed E-state index contributed by atoms with van der Waals surface area (Å²) in [4.78, 5) is 40.5. The number of likely N-dealkylation sites (N-methyl/N-ethyl adjacent to an activating group) is 1. The van der Waals surface area contributed by atoms with Crippen molar-refractivity contribution in [2.75, 3.05) is 19.3 Å². The number of aromatic nitrogens is 1. The summed E-state index contributed by atoms with van der Waals surface area (Å²) in [7, 11) is -3.80. The van der Waals surface area contributed by atoms with Crippen LogP contribution in [0.5, 0.6) is 5.75 Å². The molecule has 2 aromatic rings. The molecule has 4 rings (SSSR count). The lowest BCUT2D eigenvalue weighted by atomic mass is 10.0. The molecule has 0 radical (unpaired) electrons. The molecule has 0 aliphatic carbocycles. The van der Waals surface area contributed by atoms with E-state index in [1.165, 1.54) is 9.47 Å². The van der Waals surface area contributed by atoms with Crippen LogP contribution in [0.2, 0.25) is 5.02 Å². The lowest BCUT2D eigenvalue weighted by molar-refractivity contribution is 0.0675. The van der Waals surface area contributed by atoms with Crippen molar-refractivity contribution in [3.05, 3.63) is 61.5 Å². The highest BCUT2D eigenvalue weighted by Gasteiger charge is 2.45. The van der Waals surface area contributed by atoms with Crippen LogP contribution >= 0.6 is 11.6 Å². The number of aromatic hydroxyl groups is 1.